The molecule has 5 aliphatic carbocycles. The maximum absolute atomic E-state index is 13.2. The van der Waals surface area contributed by atoms with Gasteiger partial charge in [0.25, 0.3) is 0 Å². The largest absolute Gasteiger partial charge is 0.450 e. The molecule has 202 valence electrons. The fraction of sp³-hybridized carbons (Fsp3) is 0.571. The van der Waals surface area contributed by atoms with E-state index in [-0.39, 0.29) is 5.41 Å². The fourth-order valence-corrected chi connectivity index (χ4v) is 7.45. The molecule has 2 atom stereocenters. The van der Waals surface area contributed by atoms with Crippen LogP contribution in [0, 0.1) is 26.7 Å². The molecule has 0 spiro atoms. The zero-order valence-corrected chi connectivity index (χ0v) is 23.8. The highest BCUT2D eigenvalue weighted by Gasteiger charge is 2.58. The molecule has 10 heteroatoms. The molecular formula is C28H35IN6O3. The third-order valence-corrected chi connectivity index (χ3v) is 9.40. The SMILES string of the molecule is CCOC(=O)NCc1cccc(Nc2ncc(I)c(NC3C4CC5CC3CC(C(=O)NC3CC3)(C5)C4)n2)c1. The van der Waals surface area contributed by atoms with Crippen LogP contribution in [0.25, 0.3) is 0 Å². The Bertz CT molecular complexity index is 1200. The second kappa shape index (κ2) is 10.5. The summed E-state index contributed by atoms with van der Waals surface area (Å²) in [7, 11) is 0. The van der Waals surface area contributed by atoms with E-state index in [1.54, 1.807) is 6.92 Å². The van der Waals surface area contributed by atoms with Crippen LogP contribution in [-0.4, -0.2) is 40.7 Å². The maximum Gasteiger partial charge on any atom is 0.407 e. The molecule has 1 aromatic carbocycles. The molecule has 0 aliphatic heterocycles. The van der Waals surface area contributed by atoms with E-state index in [0.717, 1.165) is 52.7 Å². The molecule has 4 bridgehead atoms. The van der Waals surface area contributed by atoms with E-state index in [2.05, 4.69) is 48.8 Å². The standard InChI is InChI=1S/C28H35IN6O3/c1-2-38-27(37)31-14-16-4-3-5-21(10-16)33-26-30-15-22(29)24(35-26)34-23-18-8-17-9-19(23)13-28(11-17,12-18)25(36)32-20-6-7-20/h3-5,10,15,17-20,23H,2,6-9,11-14H2,1H3,(H,31,37)(H,32,36)(H2,30,33,34,35). The Morgan fingerprint density at radius 1 is 1.16 bits per heavy atom. The topological polar surface area (TPSA) is 117 Å². The van der Waals surface area contributed by atoms with Crippen molar-refractivity contribution < 1.29 is 14.3 Å². The van der Waals surface area contributed by atoms with Crippen molar-refractivity contribution in [2.75, 3.05) is 17.2 Å². The lowest BCUT2D eigenvalue weighted by molar-refractivity contribution is -0.147. The molecule has 1 heterocycles. The monoisotopic (exact) mass is 630 g/mol. The number of carbonyl (C=O) groups is 2. The summed E-state index contributed by atoms with van der Waals surface area (Å²) in [6.07, 6.45) is 9.12. The third kappa shape index (κ3) is 5.41. The summed E-state index contributed by atoms with van der Waals surface area (Å²) in [4.78, 5) is 34.2. The number of halogens is 1. The summed E-state index contributed by atoms with van der Waals surface area (Å²) in [6.45, 7) is 2.50. The number of alkyl carbamates (subject to hydrolysis) is 1. The van der Waals surface area contributed by atoms with Crippen molar-refractivity contribution in [1.29, 1.82) is 0 Å². The number of nitrogens with zero attached hydrogens (tertiary/aromatic N) is 2. The average Bonchev–Trinajstić information content (AvgIpc) is 3.71. The van der Waals surface area contributed by atoms with Gasteiger partial charge < -0.3 is 26.0 Å². The molecule has 0 radical (unpaired) electrons. The quantitative estimate of drug-likeness (QED) is 0.290. The van der Waals surface area contributed by atoms with Gasteiger partial charge in [0.1, 0.15) is 5.82 Å². The van der Waals surface area contributed by atoms with Gasteiger partial charge in [-0.05, 0) is 110 Å². The zero-order chi connectivity index (χ0) is 26.3. The van der Waals surface area contributed by atoms with Gasteiger partial charge in [0.15, 0.2) is 0 Å². The van der Waals surface area contributed by atoms with Crippen LogP contribution in [0.15, 0.2) is 30.5 Å². The van der Waals surface area contributed by atoms with Crippen molar-refractivity contribution in [3.05, 3.63) is 39.6 Å². The summed E-state index contributed by atoms with van der Waals surface area (Å²) in [6, 6.07) is 8.55. The highest BCUT2D eigenvalue weighted by molar-refractivity contribution is 14.1. The zero-order valence-electron chi connectivity index (χ0n) is 21.6. The van der Waals surface area contributed by atoms with Crippen molar-refractivity contribution in [1.82, 2.24) is 20.6 Å². The number of hydrogen-bond donors (Lipinski definition) is 4. The molecule has 5 fully saturated rings. The summed E-state index contributed by atoms with van der Waals surface area (Å²) >= 11 is 2.29. The Hall–Kier alpha value is -2.63. The van der Waals surface area contributed by atoms with Gasteiger partial charge in [-0.1, -0.05) is 12.1 Å². The van der Waals surface area contributed by atoms with Crippen LogP contribution in [-0.2, 0) is 16.1 Å². The molecule has 9 nitrogen and oxygen atoms in total. The predicted molar refractivity (Wildman–Crippen MR) is 153 cm³/mol. The molecule has 4 N–H and O–H groups in total. The number of hydrogen-bond acceptors (Lipinski definition) is 7. The van der Waals surface area contributed by atoms with E-state index in [9.17, 15) is 9.59 Å². The smallest absolute Gasteiger partial charge is 0.407 e. The van der Waals surface area contributed by atoms with Crippen LogP contribution in [0.4, 0.5) is 22.2 Å². The van der Waals surface area contributed by atoms with Crippen molar-refractivity contribution in [2.45, 2.75) is 70.5 Å². The van der Waals surface area contributed by atoms with Crippen LogP contribution in [0.5, 0.6) is 0 Å². The summed E-state index contributed by atoms with van der Waals surface area (Å²) in [5.74, 6) is 3.35. The maximum atomic E-state index is 13.2. The Morgan fingerprint density at radius 3 is 2.68 bits per heavy atom. The minimum Gasteiger partial charge on any atom is -0.450 e. The molecule has 38 heavy (non-hydrogen) atoms. The lowest BCUT2D eigenvalue weighted by atomic mass is 9.47. The van der Waals surface area contributed by atoms with Gasteiger partial charge in [-0.2, -0.15) is 4.98 Å². The Balaban J connectivity index is 1.12. The van der Waals surface area contributed by atoms with E-state index in [1.807, 2.05) is 30.5 Å². The lowest BCUT2D eigenvalue weighted by Gasteiger charge is -2.59. The molecule has 2 aromatic rings. The number of nitrogens with one attached hydrogen (secondary N) is 4. The van der Waals surface area contributed by atoms with Crippen molar-refractivity contribution in [3.8, 4) is 0 Å². The van der Waals surface area contributed by atoms with Crippen molar-refractivity contribution >= 4 is 52.0 Å². The van der Waals surface area contributed by atoms with Crippen LogP contribution in [0.2, 0.25) is 0 Å². The molecule has 2 unspecified atom stereocenters. The summed E-state index contributed by atoms with van der Waals surface area (Å²) < 4.78 is 5.92. The highest BCUT2D eigenvalue weighted by atomic mass is 127. The van der Waals surface area contributed by atoms with Gasteiger partial charge in [-0.3, -0.25) is 4.79 Å². The summed E-state index contributed by atoms with van der Waals surface area (Å²) in [5.41, 5.74) is 1.63. The normalized spacial score (nSPS) is 29.0. The summed E-state index contributed by atoms with van der Waals surface area (Å²) in [5, 5.41) is 13.2. The molecule has 7 rings (SSSR count). The molecular weight excluding hydrogens is 595 g/mol. The van der Waals surface area contributed by atoms with Crippen molar-refractivity contribution in [2.24, 2.45) is 23.2 Å². The van der Waals surface area contributed by atoms with E-state index in [1.165, 1.54) is 12.8 Å². The van der Waals surface area contributed by atoms with Gasteiger partial charge >= 0.3 is 6.09 Å². The average molecular weight is 631 g/mol. The number of amides is 2. The number of ether oxygens (including phenoxy) is 1. The molecule has 2 amide bonds. The van der Waals surface area contributed by atoms with Crippen molar-refractivity contribution in [3.63, 3.8) is 0 Å². The number of rotatable bonds is 9. The first kappa shape index (κ1) is 25.6. The molecule has 0 saturated heterocycles. The van der Waals surface area contributed by atoms with Gasteiger partial charge in [-0.15, -0.1) is 0 Å². The number of benzene rings is 1. The predicted octanol–water partition coefficient (Wildman–Crippen LogP) is 4.96. The second-order valence-electron chi connectivity index (χ2n) is 11.5. The molecule has 5 saturated carbocycles. The Morgan fingerprint density at radius 2 is 1.95 bits per heavy atom. The Kier molecular flexibility index (Phi) is 7.09. The minimum absolute atomic E-state index is 0.157. The van der Waals surface area contributed by atoms with Gasteiger partial charge in [0, 0.05) is 30.5 Å². The fourth-order valence-electron chi connectivity index (χ4n) is 7.04. The van der Waals surface area contributed by atoms with Gasteiger partial charge in [-0.25, -0.2) is 9.78 Å². The number of aromatic nitrogens is 2. The van der Waals surface area contributed by atoms with Gasteiger partial charge in [0.05, 0.1) is 15.6 Å². The number of carbonyl (C=O) groups excluding carboxylic acids is 2. The van der Waals surface area contributed by atoms with E-state index in [0.29, 0.717) is 54.8 Å². The van der Waals surface area contributed by atoms with Crippen LogP contribution >= 0.6 is 22.6 Å². The van der Waals surface area contributed by atoms with E-state index >= 15 is 0 Å². The first-order valence-corrected chi connectivity index (χ1v) is 14.9. The Labute approximate surface area is 236 Å². The van der Waals surface area contributed by atoms with Gasteiger partial charge in [0.2, 0.25) is 11.9 Å². The lowest BCUT2D eigenvalue weighted by Crippen LogP contribution is -2.60. The second-order valence-corrected chi connectivity index (χ2v) is 12.6. The van der Waals surface area contributed by atoms with Crippen LogP contribution in [0.1, 0.15) is 57.4 Å². The van der Waals surface area contributed by atoms with Crippen LogP contribution in [0.3, 0.4) is 0 Å². The van der Waals surface area contributed by atoms with E-state index < -0.39 is 6.09 Å². The molecule has 1 aromatic heterocycles. The first-order chi connectivity index (χ1) is 18.4. The highest BCUT2D eigenvalue weighted by Crippen LogP contribution is 2.60. The van der Waals surface area contributed by atoms with E-state index in [4.69, 9.17) is 9.72 Å². The minimum atomic E-state index is -0.429. The number of anilines is 3. The first-order valence-electron chi connectivity index (χ1n) is 13.8. The third-order valence-electron chi connectivity index (χ3n) is 8.61. The van der Waals surface area contributed by atoms with Crippen LogP contribution < -0.4 is 21.3 Å². The molecule has 5 aliphatic rings.